The molecule has 0 amide bonds. The fourth-order valence-electron chi connectivity index (χ4n) is 1.70. The SMILES string of the molecule is CNCCc1cc(F)cc2c1OCOC2. The lowest BCUT2D eigenvalue weighted by atomic mass is 10.1. The number of rotatable bonds is 3. The van der Waals surface area contributed by atoms with Crippen molar-refractivity contribution < 1.29 is 13.9 Å². The smallest absolute Gasteiger partial charge is 0.189 e. The van der Waals surface area contributed by atoms with E-state index in [0.29, 0.717) is 6.61 Å². The molecule has 1 N–H and O–H groups in total. The van der Waals surface area contributed by atoms with Crippen molar-refractivity contribution in [3.63, 3.8) is 0 Å². The summed E-state index contributed by atoms with van der Waals surface area (Å²) in [6.07, 6.45) is 0.761. The molecule has 4 heteroatoms. The standard InChI is InChI=1S/C11H14FNO2/c1-13-3-2-8-4-10(12)5-9-6-14-7-15-11(8)9/h4-5,13H,2-3,6-7H2,1H3. The lowest BCUT2D eigenvalue weighted by Crippen LogP contribution is -2.16. The number of hydrogen-bond acceptors (Lipinski definition) is 3. The first-order valence-electron chi connectivity index (χ1n) is 4.97. The van der Waals surface area contributed by atoms with Crippen LogP contribution in [-0.2, 0) is 17.8 Å². The van der Waals surface area contributed by atoms with Gasteiger partial charge in [-0.2, -0.15) is 0 Å². The van der Waals surface area contributed by atoms with Crippen LogP contribution in [0.3, 0.4) is 0 Å². The third-order valence-electron chi connectivity index (χ3n) is 2.40. The highest BCUT2D eigenvalue weighted by molar-refractivity contribution is 5.42. The average Bonchev–Trinajstić information content (AvgIpc) is 2.25. The van der Waals surface area contributed by atoms with E-state index in [1.807, 2.05) is 7.05 Å². The monoisotopic (exact) mass is 211 g/mol. The largest absolute Gasteiger partial charge is 0.467 e. The first-order chi connectivity index (χ1) is 7.31. The number of fused-ring (bicyclic) bond motifs is 1. The maximum absolute atomic E-state index is 13.3. The van der Waals surface area contributed by atoms with Crippen molar-refractivity contribution in [2.24, 2.45) is 0 Å². The Morgan fingerprint density at radius 3 is 3.13 bits per heavy atom. The Labute approximate surface area is 88.2 Å². The number of nitrogens with one attached hydrogen (secondary N) is 1. The molecule has 15 heavy (non-hydrogen) atoms. The second kappa shape index (κ2) is 4.59. The second-order valence-corrected chi connectivity index (χ2v) is 3.52. The minimum Gasteiger partial charge on any atom is -0.467 e. The molecule has 1 aliphatic rings. The molecule has 1 aromatic carbocycles. The molecule has 1 heterocycles. The lowest BCUT2D eigenvalue weighted by Gasteiger charge is -2.20. The normalized spacial score (nSPS) is 14.5. The van der Waals surface area contributed by atoms with Crippen molar-refractivity contribution in [3.05, 3.63) is 29.1 Å². The molecular formula is C11H14FNO2. The highest BCUT2D eigenvalue weighted by Crippen LogP contribution is 2.29. The molecule has 0 spiro atoms. The molecule has 82 valence electrons. The van der Waals surface area contributed by atoms with Gasteiger partial charge in [0.05, 0.1) is 6.61 Å². The molecule has 3 nitrogen and oxygen atoms in total. The molecule has 1 aromatic rings. The van der Waals surface area contributed by atoms with Gasteiger partial charge in [0.2, 0.25) is 0 Å². The van der Waals surface area contributed by atoms with Crippen molar-refractivity contribution in [1.82, 2.24) is 5.32 Å². The zero-order chi connectivity index (χ0) is 10.7. The van der Waals surface area contributed by atoms with Crippen LogP contribution in [0, 0.1) is 5.82 Å². The molecule has 1 aliphatic heterocycles. The predicted octanol–water partition coefficient (Wildman–Crippen LogP) is 1.45. The summed E-state index contributed by atoms with van der Waals surface area (Å²) < 4.78 is 23.7. The van der Waals surface area contributed by atoms with Gasteiger partial charge in [-0.15, -0.1) is 0 Å². The summed E-state index contributed by atoms with van der Waals surface area (Å²) in [5.74, 6) is 0.562. The van der Waals surface area contributed by atoms with Gasteiger partial charge in [-0.25, -0.2) is 4.39 Å². The van der Waals surface area contributed by atoms with E-state index in [1.54, 1.807) is 0 Å². The summed E-state index contributed by atoms with van der Waals surface area (Å²) in [7, 11) is 1.87. The minimum absolute atomic E-state index is 0.228. The van der Waals surface area contributed by atoms with E-state index in [9.17, 15) is 4.39 Å². The fourth-order valence-corrected chi connectivity index (χ4v) is 1.70. The summed E-state index contributed by atoms with van der Waals surface area (Å²) in [5, 5.41) is 3.03. The third-order valence-corrected chi connectivity index (χ3v) is 2.40. The number of ether oxygens (including phenoxy) is 2. The molecule has 2 rings (SSSR count). The maximum Gasteiger partial charge on any atom is 0.189 e. The maximum atomic E-state index is 13.3. The van der Waals surface area contributed by atoms with E-state index < -0.39 is 0 Å². The Bertz CT molecular complexity index is 355. The molecule has 0 bridgehead atoms. The Morgan fingerprint density at radius 1 is 1.47 bits per heavy atom. The van der Waals surface area contributed by atoms with Crippen molar-refractivity contribution >= 4 is 0 Å². The van der Waals surface area contributed by atoms with Gasteiger partial charge in [0.25, 0.3) is 0 Å². The van der Waals surface area contributed by atoms with Gasteiger partial charge >= 0.3 is 0 Å². The molecular weight excluding hydrogens is 197 g/mol. The Balaban J connectivity index is 2.30. The summed E-state index contributed by atoms with van der Waals surface area (Å²) in [6, 6.07) is 3.00. The molecule has 0 aromatic heterocycles. The van der Waals surface area contributed by atoms with Crippen LogP contribution in [0.2, 0.25) is 0 Å². The van der Waals surface area contributed by atoms with Gasteiger partial charge in [-0.3, -0.25) is 0 Å². The van der Waals surface area contributed by atoms with Crippen LogP contribution in [0.5, 0.6) is 5.75 Å². The molecule has 0 radical (unpaired) electrons. The van der Waals surface area contributed by atoms with Gasteiger partial charge in [0, 0.05) is 5.56 Å². The lowest BCUT2D eigenvalue weighted by molar-refractivity contribution is -0.0172. The summed E-state index contributed by atoms with van der Waals surface area (Å²) >= 11 is 0. The number of halogens is 1. The third kappa shape index (κ3) is 2.27. The van der Waals surface area contributed by atoms with Crippen molar-refractivity contribution in [3.8, 4) is 5.75 Å². The van der Waals surface area contributed by atoms with Crippen LogP contribution in [0.25, 0.3) is 0 Å². The van der Waals surface area contributed by atoms with Crippen LogP contribution >= 0.6 is 0 Å². The van der Waals surface area contributed by atoms with Crippen LogP contribution in [0.4, 0.5) is 4.39 Å². The molecule has 0 saturated heterocycles. The zero-order valence-electron chi connectivity index (χ0n) is 8.68. The van der Waals surface area contributed by atoms with E-state index in [1.165, 1.54) is 12.1 Å². The van der Waals surface area contributed by atoms with Crippen molar-refractivity contribution in [1.29, 1.82) is 0 Å². The zero-order valence-corrected chi connectivity index (χ0v) is 8.68. The topological polar surface area (TPSA) is 30.5 Å². The minimum atomic E-state index is -0.228. The molecule has 0 atom stereocenters. The van der Waals surface area contributed by atoms with Crippen LogP contribution in [-0.4, -0.2) is 20.4 Å². The predicted molar refractivity (Wildman–Crippen MR) is 54.3 cm³/mol. The summed E-state index contributed by atoms with van der Waals surface area (Å²) in [5.41, 5.74) is 1.70. The quantitative estimate of drug-likeness (QED) is 0.821. The highest BCUT2D eigenvalue weighted by atomic mass is 19.1. The Hall–Kier alpha value is -1.13. The van der Waals surface area contributed by atoms with E-state index in [-0.39, 0.29) is 12.6 Å². The fraction of sp³-hybridized carbons (Fsp3) is 0.455. The van der Waals surface area contributed by atoms with E-state index in [4.69, 9.17) is 9.47 Å². The van der Waals surface area contributed by atoms with E-state index in [2.05, 4.69) is 5.32 Å². The van der Waals surface area contributed by atoms with Gasteiger partial charge in [-0.1, -0.05) is 0 Å². The molecule has 0 aliphatic carbocycles. The first kappa shape index (κ1) is 10.4. The van der Waals surface area contributed by atoms with Gasteiger partial charge in [-0.05, 0) is 37.7 Å². The van der Waals surface area contributed by atoms with E-state index in [0.717, 1.165) is 29.8 Å². The van der Waals surface area contributed by atoms with Crippen LogP contribution < -0.4 is 10.1 Å². The van der Waals surface area contributed by atoms with Crippen LogP contribution in [0.1, 0.15) is 11.1 Å². The number of benzene rings is 1. The Morgan fingerprint density at radius 2 is 2.33 bits per heavy atom. The summed E-state index contributed by atoms with van der Waals surface area (Å²) in [4.78, 5) is 0. The van der Waals surface area contributed by atoms with Gasteiger partial charge in [0.1, 0.15) is 11.6 Å². The highest BCUT2D eigenvalue weighted by Gasteiger charge is 2.16. The van der Waals surface area contributed by atoms with Crippen molar-refractivity contribution in [2.45, 2.75) is 13.0 Å². The second-order valence-electron chi connectivity index (χ2n) is 3.52. The number of hydrogen-bond donors (Lipinski definition) is 1. The molecule has 0 saturated carbocycles. The van der Waals surface area contributed by atoms with E-state index >= 15 is 0 Å². The Kier molecular flexibility index (Phi) is 3.18. The van der Waals surface area contributed by atoms with Gasteiger partial charge < -0.3 is 14.8 Å². The average molecular weight is 211 g/mol. The summed E-state index contributed by atoms with van der Waals surface area (Å²) in [6.45, 7) is 1.49. The molecule has 0 unspecified atom stereocenters. The van der Waals surface area contributed by atoms with Crippen LogP contribution in [0.15, 0.2) is 12.1 Å². The van der Waals surface area contributed by atoms with Crippen molar-refractivity contribution in [2.75, 3.05) is 20.4 Å². The first-order valence-corrected chi connectivity index (χ1v) is 4.97. The molecule has 0 fully saturated rings. The number of likely N-dealkylation sites (N-methyl/N-ethyl adjacent to an activating group) is 1. The van der Waals surface area contributed by atoms with Gasteiger partial charge in [0.15, 0.2) is 6.79 Å².